The number of benzene rings is 2. The lowest BCUT2D eigenvalue weighted by Gasteiger charge is -2.30. The van der Waals surface area contributed by atoms with E-state index < -0.39 is 0 Å². The van der Waals surface area contributed by atoms with E-state index in [1.165, 1.54) is 0 Å². The predicted molar refractivity (Wildman–Crippen MR) is 93.6 cm³/mol. The van der Waals surface area contributed by atoms with E-state index in [1.807, 2.05) is 47.4 Å². The van der Waals surface area contributed by atoms with Crippen molar-refractivity contribution in [2.24, 2.45) is 11.1 Å². The second kappa shape index (κ2) is 5.78. The Morgan fingerprint density at radius 3 is 2.42 bits per heavy atom. The Kier molecular flexibility index (Phi) is 3.60. The lowest BCUT2D eigenvalue weighted by molar-refractivity contribution is 0.0698. The van der Waals surface area contributed by atoms with Crippen molar-refractivity contribution < 1.29 is 10.0 Å². The summed E-state index contributed by atoms with van der Waals surface area (Å²) in [6.07, 6.45) is 2.11. The third-order valence-corrected chi connectivity index (χ3v) is 5.17. The minimum atomic E-state index is 0.0766. The summed E-state index contributed by atoms with van der Waals surface area (Å²) in [7, 11) is 0. The molecule has 1 N–H and O–H groups in total. The maximum Gasteiger partial charge on any atom is 0.254 e. The van der Waals surface area contributed by atoms with Crippen LogP contribution in [0, 0.1) is 5.92 Å². The standard InChI is InChI=1S/C20H20N2O2/c1-13-9-11-22(12-10-13)20(23)17-8-4-7-16-18(17)14-5-2-3-6-15(14)19(16)21-24/h2-8,13,24H,9-12H2,1H3/b21-19-. The van der Waals surface area contributed by atoms with Gasteiger partial charge in [-0.2, -0.15) is 0 Å². The minimum Gasteiger partial charge on any atom is -0.410 e. The smallest absolute Gasteiger partial charge is 0.254 e. The highest BCUT2D eigenvalue weighted by molar-refractivity contribution is 6.26. The van der Waals surface area contributed by atoms with Gasteiger partial charge >= 0.3 is 0 Å². The largest absolute Gasteiger partial charge is 0.410 e. The van der Waals surface area contributed by atoms with Crippen LogP contribution < -0.4 is 0 Å². The molecule has 4 nitrogen and oxygen atoms in total. The molecule has 0 spiro atoms. The molecule has 4 heteroatoms. The van der Waals surface area contributed by atoms with Gasteiger partial charge in [-0.05, 0) is 30.4 Å². The lowest BCUT2D eigenvalue weighted by atomic mass is 9.95. The Bertz CT molecular complexity index is 833. The molecular formula is C20H20N2O2. The molecule has 0 radical (unpaired) electrons. The van der Waals surface area contributed by atoms with E-state index in [2.05, 4.69) is 12.1 Å². The quantitative estimate of drug-likeness (QED) is 0.548. The number of likely N-dealkylation sites (tertiary alicyclic amines) is 1. The van der Waals surface area contributed by atoms with Crippen LogP contribution in [-0.2, 0) is 0 Å². The van der Waals surface area contributed by atoms with Crippen LogP contribution in [0.3, 0.4) is 0 Å². The third-order valence-electron chi connectivity index (χ3n) is 5.17. The molecule has 24 heavy (non-hydrogen) atoms. The maximum atomic E-state index is 13.1. The fourth-order valence-electron chi connectivity index (χ4n) is 3.76. The molecule has 1 aliphatic carbocycles. The lowest BCUT2D eigenvalue weighted by Crippen LogP contribution is -2.38. The van der Waals surface area contributed by atoms with Gasteiger partial charge in [0, 0.05) is 35.3 Å². The van der Waals surface area contributed by atoms with Crippen LogP contribution in [0.5, 0.6) is 0 Å². The maximum absolute atomic E-state index is 13.1. The number of carbonyl (C=O) groups excluding carboxylic acids is 1. The number of amides is 1. The van der Waals surface area contributed by atoms with E-state index in [4.69, 9.17) is 0 Å². The number of carbonyl (C=O) groups is 1. The molecule has 0 atom stereocenters. The van der Waals surface area contributed by atoms with E-state index in [1.54, 1.807) is 0 Å². The van der Waals surface area contributed by atoms with Gasteiger partial charge in [0.25, 0.3) is 5.91 Å². The zero-order valence-electron chi connectivity index (χ0n) is 13.7. The molecule has 0 saturated carbocycles. The van der Waals surface area contributed by atoms with Gasteiger partial charge in [-0.1, -0.05) is 48.5 Å². The summed E-state index contributed by atoms with van der Waals surface area (Å²) < 4.78 is 0. The molecule has 1 aliphatic heterocycles. The van der Waals surface area contributed by atoms with Crippen LogP contribution in [0.15, 0.2) is 47.6 Å². The van der Waals surface area contributed by atoms with Crippen LogP contribution in [-0.4, -0.2) is 34.8 Å². The molecule has 1 fully saturated rings. The number of fused-ring (bicyclic) bond motifs is 3. The number of nitrogens with zero attached hydrogens (tertiary/aromatic N) is 2. The number of piperidine rings is 1. The summed E-state index contributed by atoms with van der Waals surface area (Å²) in [5.74, 6) is 0.761. The van der Waals surface area contributed by atoms with Crippen molar-refractivity contribution in [1.82, 2.24) is 4.90 Å². The van der Waals surface area contributed by atoms with Crippen molar-refractivity contribution in [3.05, 3.63) is 59.2 Å². The van der Waals surface area contributed by atoms with Crippen molar-refractivity contribution in [1.29, 1.82) is 0 Å². The summed E-state index contributed by atoms with van der Waals surface area (Å²) >= 11 is 0. The molecule has 0 unspecified atom stereocenters. The van der Waals surface area contributed by atoms with Crippen molar-refractivity contribution in [3.63, 3.8) is 0 Å². The molecule has 1 amide bonds. The minimum absolute atomic E-state index is 0.0766. The molecule has 2 aliphatic rings. The zero-order chi connectivity index (χ0) is 16.7. The molecule has 1 heterocycles. The number of rotatable bonds is 1. The first-order valence-electron chi connectivity index (χ1n) is 8.45. The van der Waals surface area contributed by atoms with E-state index in [9.17, 15) is 10.0 Å². The van der Waals surface area contributed by atoms with Crippen LogP contribution in [0.2, 0.25) is 0 Å². The van der Waals surface area contributed by atoms with Crippen LogP contribution in [0.4, 0.5) is 0 Å². The van der Waals surface area contributed by atoms with E-state index >= 15 is 0 Å². The van der Waals surface area contributed by atoms with Crippen molar-refractivity contribution in [2.45, 2.75) is 19.8 Å². The predicted octanol–water partition coefficient (Wildman–Crippen LogP) is 3.77. The highest BCUT2D eigenvalue weighted by atomic mass is 16.4. The summed E-state index contributed by atoms with van der Waals surface area (Å²) in [6.45, 7) is 3.86. The van der Waals surface area contributed by atoms with E-state index in [0.29, 0.717) is 17.2 Å². The SMILES string of the molecule is CC1CCN(C(=O)c2cccc3c2-c2ccccc2/C3=N/O)CC1. The summed E-state index contributed by atoms with van der Waals surface area (Å²) in [6, 6.07) is 13.5. The Morgan fingerprint density at radius 1 is 1.04 bits per heavy atom. The highest BCUT2D eigenvalue weighted by Gasteiger charge is 2.31. The fourth-order valence-corrected chi connectivity index (χ4v) is 3.76. The molecule has 122 valence electrons. The van der Waals surface area contributed by atoms with Gasteiger partial charge in [0.15, 0.2) is 0 Å². The molecule has 1 saturated heterocycles. The Balaban J connectivity index is 1.81. The van der Waals surface area contributed by atoms with Crippen LogP contribution in [0.1, 0.15) is 41.3 Å². The monoisotopic (exact) mass is 320 g/mol. The van der Waals surface area contributed by atoms with Gasteiger partial charge in [-0.3, -0.25) is 4.79 Å². The number of hydrogen-bond acceptors (Lipinski definition) is 3. The van der Waals surface area contributed by atoms with Gasteiger partial charge < -0.3 is 10.1 Å². The first-order chi connectivity index (χ1) is 11.7. The fraction of sp³-hybridized carbons (Fsp3) is 0.300. The molecule has 2 aromatic rings. The van der Waals surface area contributed by atoms with Gasteiger partial charge in [0.1, 0.15) is 5.71 Å². The second-order valence-electron chi connectivity index (χ2n) is 6.70. The van der Waals surface area contributed by atoms with Crippen molar-refractivity contribution in [2.75, 3.05) is 13.1 Å². The van der Waals surface area contributed by atoms with Crippen molar-refractivity contribution in [3.8, 4) is 11.1 Å². The Hall–Kier alpha value is -2.62. The van der Waals surface area contributed by atoms with Crippen molar-refractivity contribution >= 4 is 11.6 Å². The molecule has 4 rings (SSSR count). The third kappa shape index (κ3) is 2.21. The molecule has 2 aromatic carbocycles. The average molecular weight is 320 g/mol. The number of hydrogen-bond donors (Lipinski definition) is 1. The Labute approximate surface area is 141 Å². The van der Waals surface area contributed by atoms with Crippen LogP contribution >= 0.6 is 0 Å². The first-order valence-corrected chi connectivity index (χ1v) is 8.45. The van der Waals surface area contributed by atoms with E-state index in [0.717, 1.165) is 48.2 Å². The van der Waals surface area contributed by atoms with Gasteiger partial charge in [-0.15, -0.1) is 0 Å². The molecular weight excluding hydrogens is 300 g/mol. The Morgan fingerprint density at radius 2 is 1.71 bits per heavy atom. The van der Waals surface area contributed by atoms with Gasteiger partial charge in [0.2, 0.25) is 0 Å². The molecule has 0 bridgehead atoms. The summed E-state index contributed by atoms with van der Waals surface area (Å²) in [4.78, 5) is 15.0. The molecule has 0 aromatic heterocycles. The first kappa shape index (κ1) is 14.9. The van der Waals surface area contributed by atoms with Gasteiger partial charge in [0.05, 0.1) is 0 Å². The normalized spacial score (nSPS) is 18.5. The van der Waals surface area contributed by atoms with Gasteiger partial charge in [-0.25, -0.2) is 0 Å². The van der Waals surface area contributed by atoms with E-state index in [-0.39, 0.29) is 5.91 Å². The zero-order valence-corrected chi connectivity index (χ0v) is 13.7. The topological polar surface area (TPSA) is 52.9 Å². The summed E-state index contributed by atoms with van der Waals surface area (Å²) in [5, 5.41) is 12.9. The highest BCUT2D eigenvalue weighted by Crippen LogP contribution is 2.39. The summed E-state index contributed by atoms with van der Waals surface area (Å²) in [5.41, 5.74) is 4.81. The second-order valence-corrected chi connectivity index (χ2v) is 6.70. The number of oxime groups is 1. The van der Waals surface area contributed by atoms with Crippen LogP contribution in [0.25, 0.3) is 11.1 Å². The average Bonchev–Trinajstić information content (AvgIpc) is 2.95.